The van der Waals surface area contributed by atoms with Gasteiger partial charge < -0.3 is 14.7 Å². The Labute approximate surface area is 206 Å². The number of hydrogen-bond acceptors (Lipinski definition) is 8. The topological polar surface area (TPSA) is 101 Å². The van der Waals surface area contributed by atoms with E-state index in [4.69, 9.17) is 4.74 Å². The average Bonchev–Trinajstić information content (AvgIpc) is 3.46. The third-order valence-corrected chi connectivity index (χ3v) is 7.82. The van der Waals surface area contributed by atoms with Gasteiger partial charge in [-0.25, -0.2) is 13.2 Å². The Kier molecular flexibility index (Phi) is 5.30. The molecule has 2 aromatic heterocycles. The van der Waals surface area contributed by atoms with Crippen LogP contribution in [0.25, 0.3) is 10.6 Å². The number of amides is 1. The van der Waals surface area contributed by atoms with Crippen LogP contribution in [0, 0.1) is 17.5 Å². The molecule has 0 aliphatic carbocycles. The lowest BCUT2D eigenvalue weighted by Crippen LogP contribution is -2.68. The van der Waals surface area contributed by atoms with Crippen LogP contribution in [-0.2, 0) is 11.2 Å². The van der Waals surface area contributed by atoms with Gasteiger partial charge in [0.15, 0.2) is 16.5 Å². The monoisotopic (exact) mass is 519 g/mol. The van der Waals surface area contributed by atoms with Crippen molar-refractivity contribution in [3.8, 4) is 16.3 Å². The van der Waals surface area contributed by atoms with Crippen molar-refractivity contribution < 1.29 is 27.8 Å². The maximum Gasteiger partial charge on any atom is 0.278 e. The summed E-state index contributed by atoms with van der Waals surface area (Å²) in [5.41, 5.74) is -1.32. The van der Waals surface area contributed by atoms with Crippen LogP contribution in [0.5, 0.6) is 5.75 Å². The van der Waals surface area contributed by atoms with Gasteiger partial charge >= 0.3 is 0 Å². The number of halogens is 3. The molecule has 9 nitrogen and oxygen atoms in total. The van der Waals surface area contributed by atoms with Gasteiger partial charge in [-0.2, -0.15) is 0 Å². The van der Waals surface area contributed by atoms with E-state index in [9.17, 15) is 27.9 Å². The van der Waals surface area contributed by atoms with Crippen molar-refractivity contribution in [2.75, 3.05) is 18.1 Å². The van der Waals surface area contributed by atoms with Gasteiger partial charge in [-0.3, -0.25) is 19.3 Å². The molecule has 188 valence electrons. The van der Waals surface area contributed by atoms with Crippen LogP contribution >= 0.6 is 11.3 Å². The summed E-state index contributed by atoms with van der Waals surface area (Å²) in [5, 5.41) is 21.0. The first-order valence-electron chi connectivity index (χ1n) is 11.4. The molecule has 5 heterocycles. The van der Waals surface area contributed by atoms with E-state index in [1.807, 2.05) is 11.9 Å². The zero-order valence-corrected chi connectivity index (χ0v) is 19.8. The van der Waals surface area contributed by atoms with Crippen molar-refractivity contribution in [1.82, 2.24) is 19.8 Å². The molecule has 2 saturated heterocycles. The SMILES string of the molecule is CCN1C(=O)c2c(O)c(=O)c(-c3nnc(Cc4c(F)cc(F)cc4F)s3)cn2N2C[C@H]3CC[C@H](O3)[C@H]12. The Balaban J connectivity index is 1.42. The standard InChI is InChI=1S/C23H20F3N5O4S/c1-2-29-22-16-4-3-11(35-16)8-31(22)30-9-13(19(32)20(33)18(30)23(29)34)21-28-27-17(36-21)7-12-14(25)5-10(24)6-15(12)26/h5-6,9,11,16,22,33H,2-4,7-8H2,1H3/t11-,16+,22-/m1/s1. The second-order valence-corrected chi connectivity index (χ2v) is 10.0. The van der Waals surface area contributed by atoms with Crippen LogP contribution < -0.4 is 10.4 Å². The number of aromatic hydroxyl groups is 1. The highest BCUT2D eigenvalue weighted by molar-refractivity contribution is 7.14. The Morgan fingerprint density at radius 1 is 1.17 bits per heavy atom. The fourth-order valence-electron chi connectivity index (χ4n) is 5.23. The molecule has 0 radical (unpaired) electrons. The highest BCUT2D eigenvalue weighted by Gasteiger charge is 2.50. The van der Waals surface area contributed by atoms with E-state index in [-0.39, 0.29) is 45.5 Å². The lowest BCUT2D eigenvalue weighted by atomic mass is 10.1. The highest BCUT2D eigenvalue weighted by Crippen LogP contribution is 2.37. The number of carbonyl (C=O) groups is 1. The van der Waals surface area contributed by atoms with Crippen molar-refractivity contribution in [2.24, 2.45) is 0 Å². The summed E-state index contributed by atoms with van der Waals surface area (Å²) in [4.78, 5) is 28.0. The lowest BCUT2D eigenvalue weighted by molar-refractivity contribution is -0.0523. The van der Waals surface area contributed by atoms with Gasteiger partial charge in [0.05, 0.1) is 24.3 Å². The van der Waals surface area contributed by atoms with E-state index in [1.165, 1.54) is 10.9 Å². The quantitative estimate of drug-likeness (QED) is 0.565. The molecule has 2 fully saturated rings. The van der Waals surface area contributed by atoms with Gasteiger partial charge in [0.25, 0.3) is 5.91 Å². The number of aromatic nitrogens is 3. The number of morpholine rings is 1. The molecule has 0 saturated carbocycles. The number of hydrogen-bond donors (Lipinski definition) is 1. The number of likely N-dealkylation sites (N-methyl/N-ethyl adjacent to an activating group) is 1. The molecule has 1 amide bonds. The Bertz CT molecular complexity index is 1440. The summed E-state index contributed by atoms with van der Waals surface area (Å²) in [6, 6.07) is 1.16. The fourth-order valence-corrected chi connectivity index (χ4v) is 6.09. The van der Waals surface area contributed by atoms with Crippen molar-refractivity contribution in [1.29, 1.82) is 0 Å². The summed E-state index contributed by atoms with van der Waals surface area (Å²) in [7, 11) is 0. The Hall–Kier alpha value is -3.45. The minimum absolute atomic E-state index is 0.00427. The van der Waals surface area contributed by atoms with Crippen molar-refractivity contribution in [3.05, 3.63) is 62.3 Å². The van der Waals surface area contributed by atoms with E-state index in [1.54, 1.807) is 4.90 Å². The zero-order chi connectivity index (χ0) is 25.3. The first-order valence-corrected chi connectivity index (χ1v) is 12.3. The van der Waals surface area contributed by atoms with Gasteiger partial charge in [-0.05, 0) is 19.8 Å². The maximum absolute atomic E-state index is 14.1. The molecule has 3 atom stereocenters. The second kappa shape index (κ2) is 8.30. The molecular formula is C23H20F3N5O4S. The number of ether oxygens (including phenoxy) is 1. The van der Waals surface area contributed by atoms with Crippen molar-refractivity contribution in [3.63, 3.8) is 0 Å². The van der Waals surface area contributed by atoms with Gasteiger partial charge in [0.2, 0.25) is 5.43 Å². The molecule has 3 aromatic rings. The normalized spacial score (nSPS) is 22.7. The predicted octanol–water partition coefficient (Wildman–Crippen LogP) is 2.38. The molecule has 3 aliphatic rings. The van der Waals surface area contributed by atoms with Crippen LogP contribution in [0.2, 0.25) is 0 Å². The Morgan fingerprint density at radius 2 is 1.92 bits per heavy atom. The minimum atomic E-state index is -1.05. The number of fused-ring (bicyclic) bond motifs is 6. The van der Waals surface area contributed by atoms with Gasteiger partial charge in [-0.1, -0.05) is 11.3 Å². The molecule has 3 aliphatic heterocycles. The Morgan fingerprint density at radius 3 is 2.64 bits per heavy atom. The van der Waals surface area contributed by atoms with E-state index in [0.29, 0.717) is 25.2 Å². The first kappa shape index (κ1) is 23.0. The van der Waals surface area contributed by atoms with E-state index in [2.05, 4.69) is 10.2 Å². The number of rotatable bonds is 4. The third kappa shape index (κ3) is 3.40. The summed E-state index contributed by atoms with van der Waals surface area (Å²) in [6.45, 7) is 2.66. The first-order chi connectivity index (χ1) is 17.3. The number of carbonyl (C=O) groups excluding carboxylic acids is 1. The van der Waals surface area contributed by atoms with E-state index in [0.717, 1.165) is 24.2 Å². The smallest absolute Gasteiger partial charge is 0.278 e. The molecule has 0 unspecified atom stereocenters. The number of benzene rings is 1. The summed E-state index contributed by atoms with van der Waals surface area (Å²) in [5.74, 6) is -4.32. The largest absolute Gasteiger partial charge is 0.502 e. The minimum Gasteiger partial charge on any atom is -0.502 e. The van der Waals surface area contributed by atoms with Crippen LogP contribution in [0.1, 0.15) is 40.8 Å². The van der Waals surface area contributed by atoms with Gasteiger partial charge in [0, 0.05) is 36.9 Å². The van der Waals surface area contributed by atoms with Gasteiger partial charge in [0.1, 0.15) is 28.6 Å². The molecule has 36 heavy (non-hydrogen) atoms. The lowest BCUT2D eigenvalue weighted by Gasteiger charge is -2.51. The molecular weight excluding hydrogens is 499 g/mol. The van der Waals surface area contributed by atoms with Crippen molar-refractivity contribution in [2.45, 2.75) is 44.6 Å². The van der Waals surface area contributed by atoms with E-state index < -0.39 is 40.7 Å². The third-order valence-electron chi connectivity index (χ3n) is 6.86. The van der Waals surface area contributed by atoms with Crippen LogP contribution in [0.4, 0.5) is 13.2 Å². The number of pyridine rings is 1. The summed E-state index contributed by atoms with van der Waals surface area (Å²) >= 11 is 0.912. The molecule has 1 aromatic carbocycles. The summed E-state index contributed by atoms with van der Waals surface area (Å²) < 4.78 is 49.0. The second-order valence-electron chi connectivity index (χ2n) is 8.94. The average molecular weight is 520 g/mol. The van der Waals surface area contributed by atoms with Crippen LogP contribution in [0.15, 0.2) is 23.1 Å². The molecule has 0 spiro atoms. The fraction of sp³-hybridized carbons (Fsp3) is 0.391. The van der Waals surface area contributed by atoms with Crippen LogP contribution in [-0.4, -0.2) is 62.3 Å². The maximum atomic E-state index is 14.1. The number of nitrogens with zero attached hydrogens (tertiary/aromatic N) is 5. The van der Waals surface area contributed by atoms with Crippen molar-refractivity contribution >= 4 is 17.2 Å². The highest BCUT2D eigenvalue weighted by atomic mass is 32.1. The predicted molar refractivity (Wildman–Crippen MR) is 122 cm³/mol. The van der Waals surface area contributed by atoms with Crippen LogP contribution in [0.3, 0.4) is 0 Å². The molecule has 13 heteroatoms. The molecule has 1 N–H and O–H groups in total. The molecule has 2 bridgehead atoms. The summed E-state index contributed by atoms with van der Waals surface area (Å²) in [6.07, 6.45) is 2.16. The van der Waals surface area contributed by atoms with E-state index >= 15 is 0 Å². The van der Waals surface area contributed by atoms with Gasteiger partial charge in [-0.15, -0.1) is 10.2 Å². The molecule has 6 rings (SSSR count). The zero-order valence-electron chi connectivity index (χ0n) is 18.9.